The number of aliphatic hydroxyl groups excluding tert-OH is 2. The number of piperidine rings is 1. The molecule has 0 aliphatic carbocycles. The minimum absolute atomic E-state index is 0.118. The van der Waals surface area contributed by atoms with E-state index in [4.69, 9.17) is 4.74 Å². The van der Waals surface area contributed by atoms with Gasteiger partial charge in [-0.05, 0) is 27.2 Å². The minimum Gasteiger partial charge on any atom is -0.467 e. The van der Waals surface area contributed by atoms with E-state index in [1.165, 1.54) is 0 Å². The van der Waals surface area contributed by atoms with Crippen LogP contribution in [0.25, 0.3) is 0 Å². The van der Waals surface area contributed by atoms with Crippen molar-refractivity contribution in [3.63, 3.8) is 0 Å². The molecule has 1 unspecified atom stereocenters. The summed E-state index contributed by atoms with van der Waals surface area (Å²) >= 11 is 0. The van der Waals surface area contributed by atoms with Crippen LogP contribution in [0.3, 0.4) is 0 Å². The molecular weight excluding hydrogens is 254 g/mol. The average Bonchev–Trinajstić information content (AvgIpc) is 2.29. The Labute approximate surface area is 112 Å². The highest BCUT2D eigenvalue weighted by molar-refractivity contribution is 5.82. The van der Waals surface area contributed by atoms with Gasteiger partial charge in [0.15, 0.2) is 6.04 Å². The molecule has 1 fully saturated rings. The Balaban J connectivity index is 2.90. The number of aliphatic hydroxyl groups is 2. The highest BCUT2D eigenvalue weighted by Gasteiger charge is 2.45. The molecule has 0 saturated carbocycles. The van der Waals surface area contributed by atoms with Crippen molar-refractivity contribution in [2.24, 2.45) is 0 Å². The Morgan fingerprint density at radius 3 is 2.32 bits per heavy atom. The summed E-state index contributed by atoms with van der Waals surface area (Å²) in [6, 6.07) is -1.25. The largest absolute Gasteiger partial charge is 0.467 e. The van der Waals surface area contributed by atoms with Crippen molar-refractivity contribution in [2.75, 3.05) is 13.7 Å². The number of methoxy groups -OCH3 is 1. The topological polar surface area (TPSA) is 96.3 Å². The van der Waals surface area contributed by atoms with Crippen molar-refractivity contribution < 1.29 is 29.3 Å². The summed E-state index contributed by atoms with van der Waals surface area (Å²) in [7, 11) is 1.16. The lowest BCUT2D eigenvalue weighted by Gasteiger charge is -2.39. The van der Waals surface area contributed by atoms with Crippen molar-refractivity contribution >= 4 is 12.1 Å². The molecule has 1 aliphatic rings. The minimum atomic E-state index is -1.38. The molecule has 0 aromatic carbocycles. The number of amides is 1. The normalized spacial score (nSPS) is 27.9. The smallest absolute Gasteiger partial charge is 0.411 e. The molecule has 2 N–H and O–H groups in total. The Hall–Kier alpha value is -1.34. The molecule has 7 nitrogen and oxygen atoms in total. The maximum absolute atomic E-state index is 12.0. The molecule has 0 spiro atoms. The summed E-state index contributed by atoms with van der Waals surface area (Å²) < 4.78 is 9.73. The zero-order valence-corrected chi connectivity index (χ0v) is 11.6. The molecule has 1 saturated heterocycles. The monoisotopic (exact) mass is 275 g/mol. The van der Waals surface area contributed by atoms with Crippen LogP contribution in [0.4, 0.5) is 4.79 Å². The van der Waals surface area contributed by atoms with Gasteiger partial charge in [0.25, 0.3) is 0 Å². The number of carbonyl (C=O) groups is 2. The molecule has 3 atom stereocenters. The van der Waals surface area contributed by atoms with E-state index in [1.54, 1.807) is 20.8 Å². The summed E-state index contributed by atoms with van der Waals surface area (Å²) in [5.41, 5.74) is -0.710. The second-order valence-corrected chi connectivity index (χ2v) is 5.49. The van der Waals surface area contributed by atoms with Gasteiger partial charge in [-0.3, -0.25) is 4.90 Å². The van der Waals surface area contributed by atoms with Crippen LogP contribution in [-0.2, 0) is 14.3 Å². The summed E-state index contributed by atoms with van der Waals surface area (Å²) in [6.07, 6.45) is -2.99. The Kier molecular flexibility index (Phi) is 4.75. The zero-order chi connectivity index (χ0) is 14.8. The third-order valence-electron chi connectivity index (χ3n) is 2.79. The van der Waals surface area contributed by atoms with E-state index in [-0.39, 0.29) is 13.0 Å². The summed E-state index contributed by atoms with van der Waals surface area (Å²) in [5.74, 6) is -0.780. The van der Waals surface area contributed by atoms with E-state index in [2.05, 4.69) is 4.74 Å². The number of hydrogen-bond donors (Lipinski definition) is 2. The van der Waals surface area contributed by atoms with Crippen molar-refractivity contribution in [3.8, 4) is 0 Å². The van der Waals surface area contributed by atoms with E-state index in [1.807, 2.05) is 0 Å². The molecule has 19 heavy (non-hydrogen) atoms. The van der Waals surface area contributed by atoms with E-state index in [9.17, 15) is 19.8 Å². The number of nitrogens with zero attached hydrogens (tertiary/aromatic N) is 1. The number of rotatable bonds is 1. The number of likely N-dealkylation sites (tertiary alicyclic amines) is 1. The molecule has 0 radical (unpaired) electrons. The molecule has 1 heterocycles. The average molecular weight is 275 g/mol. The van der Waals surface area contributed by atoms with Crippen LogP contribution in [0.1, 0.15) is 27.2 Å². The first kappa shape index (κ1) is 15.7. The Morgan fingerprint density at radius 1 is 1.26 bits per heavy atom. The fourth-order valence-electron chi connectivity index (χ4n) is 1.89. The first-order valence-electron chi connectivity index (χ1n) is 6.11. The van der Waals surface area contributed by atoms with Crippen molar-refractivity contribution in [1.82, 2.24) is 4.90 Å². The van der Waals surface area contributed by atoms with Crippen LogP contribution >= 0.6 is 0 Å². The molecule has 7 heteroatoms. The third-order valence-corrected chi connectivity index (χ3v) is 2.79. The number of hydrogen-bond acceptors (Lipinski definition) is 6. The van der Waals surface area contributed by atoms with Crippen LogP contribution < -0.4 is 0 Å². The Bertz CT molecular complexity index is 351. The van der Waals surface area contributed by atoms with Crippen molar-refractivity contribution in [3.05, 3.63) is 0 Å². The standard InChI is InChI=1S/C12H21NO6/c1-12(2,3)19-11(17)13-6-5-7(14)9(15)8(13)10(16)18-4/h7-9,14-15H,5-6H2,1-4H3/t7-,8?,9-/m0/s1. The quantitative estimate of drug-likeness (QED) is 0.648. The lowest BCUT2D eigenvalue weighted by Crippen LogP contribution is -2.60. The van der Waals surface area contributed by atoms with E-state index < -0.39 is 35.9 Å². The van der Waals surface area contributed by atoms with E-state index >= 15 is 0 Å². The van der Waals surface area contributed by atoms with Gasteiger partial charge in [0, 0.05) is 6.54 Å². The Morgan fingerprint density at radius 2 is 1.84 bits per heavy atom. The van der Waals surface area contributed by atoms with Crippen LogP contribution in [0, 0.1) is 0 Å². The lowest BCUT2D eigenvalue weighted by molar-refractivity contribution is -0.159. The molecule has 0 bridgehead atoms. The van der Waals surface area contributed by atoms with Gasteiger partial charge in [0.2, 0.25) is 0 Å². The van der Waals surface area contributed by atoms with Crippen LogP contribution in [0.2, 0.25) is 0 Å². The molecule has 1 rings (SSSR count). The number of esters is 1. The van der Waals surface area contributed by atoms with Gasteiger partial charge in [-0.1, -0.05) is 0 Å². The number of carbonyl (C=O) groups excluding carboxylic acids is 2. The first-order chi connectivity index (χ1) is 8.67. The van der Waals surface area contributed by atoms with Gasteiger partial charge in [0.05, 0.1) is 13.2 Å². The lowest BCUT2D eigenvalue weighted by atomic mass is 9.96. The maximum atomic E-state index is 12.0. The fraction of sp³-hybridized carbons (Fsp3) is 0.833. The SMILES string of the molecule is COC(=O)C1[C@@H](O)[C@@H](O)CCN1C(=O)OC(C)(C)C. The van der Waals surface area contributed by atoms with Crippen LogP contribution in [0.5, 0.6) is 0 Å². The van der Waals surface area contributed by atoms with Gasteiger partial charge in [-0.2, -0.15) is 0 Å². The summed E-state index contributed by atoms with van der Waals surface area (Å²) in [5, 5.41) is 19.4. The zero-order valence-electron chi connectivity index (χ0n) is 11.6. The molecule has 1 amide bonds. The first-order valence-corrected chi connectivity index (χ1v) is 6.11. The van der Waals surface area contributed by atoms with Gasteiger partial charge >= 0.3 is 12.1 Å². The number of ether oxygens (including phenoxy) is 2. The van der Waals surface area contributed by atoms with E-state index in [0.717, 1.165) is 12.0 Å². The highest BCUT2D eigenvalue weighted by atomic mass is 16.6. The van der Waals surface area contributed by atoms with Gasteiger partial charge in [0.1, 0.15) is 11.7 Å². The highest BCUT2D eigenvalue weighted by Crippen LogP contribution is 2.22. The molecule has 0 aromatic heterocycles. The maximum Gasteiger partial charge on any atom is 0.411 e. The van der Waals surface area contributed by atoms with Gasteiger partial charge < -0.3 is 19.7 Å². The third kappa shape index (κ3) is 3.81. The summed E-state index contributed by atoms with van der Waals surface area (Å²) in [4.78, 5) is 24.8. The molecule has 110 valence electrons. The molecule has 1 aliphatic heterocycles. The second kappa shape index (κ2) is 5.75. The van der Waals surface area contributed by atoms with Gasteiger partial charge in [-0.25, -0.2) is 9.59 Å². The van der Waals surface area contributed by atoms with Crippen molar-refractivity contribution in [2.45, 2.75) is 51.0 Å². The fourth-order valence-corrected chi connectivity index (χ4v) is 1.89. The molecular formula is C12H21NO6. The van der Waals surface area contributed by atoms with Crippen LogP contribution in [0.15, 0.2) is 0 Å². The summed E-state index contributed by atoms with van der Waals surface area (Å²) in [6.45, 7) is 5.22. The second-order valence-electron chi connectivity index (χ2n) is 5.49. The predicted octanol–water partition coefficient (Wildman–Crippen LogP) is -0.109. The van der Waals surface area contributed by atoms with Gasteiger partial charge in [-0.15, -0.1) is 0 Å². The van der Waals surface area contributed by atoms with E-state index in [0.29, 0.717) is 0 Å². The van der Waals surface area contributed by atoms with Crippen LogP contribution in [-0.4, -0.2) is 64.7 Å². The molecule has 0 aromatic rings. The predicted molar refractivity (Wildman–Crippen MR) is 65.4 cm³/mol. The van der Waals surface area contributed by atoms with Crippen molar-refractivity contribution in [1.29, 1.82) is 0 Å².